The Bertz CT molecular complexity index is 481. The lowest BCUT2D eigenvalue weighted by molar-refractivity contribution is 0.789. The smallest absolute Gasteiger partial charge is 0.168 e. The quantitative estimate of drug-likeness (QED) is 0.826. The van der Waals surface area contributed by atoms with Gasteiger partial charge in [-0.05, 0) is 19.1 Å². The van der Waals surface area contributed by atoms with E-state index < -0.39 is 0 Å². The van der Waals surface area contributed by atoms with Gasteiger partial charge in [0.1, 0.15) is 5.82 Å². The van der Waals surface area contributed by atoms with Crippen LogP contribution in [0.25, 0.3) is 0 Å². The summed E-state index contributed by atoms with van der Waals surface area (Å²) >= 11 is 1.70. The molecule has 0 amide bonds. The maximum atomic E-state index is 4.52. The van der Waals surface area contributed by atoms with Gasteiger partial charge >= 0.3 is 0 Å². The lowest BCUT2D eigenvalue weighted by atomic mass is 10.4. The minimum Gasteiger partial charge on any atom is -0.370 e. The minimum atomic E-state index is 0.837. The van der Waals surface area contributed by atoms with Gasteiger partial charge in [0.25, 0.3) is 0 Å². The molecule has 0 radical (unpaired) electrons. The van der Waals surface area contributed by atoms with Gasteiger partial charge in [0.05, 0.1) is 5.69 Å². The summed E-state index contributed by atoms with van der Waals surface area (Å²) in [5.74, 6) is 1.77. The second-order valence-corrected chi connectivity index (χ2v) is 4.60. The van der Waals surface area contributed by atoms with Crippen LogP contribution in [0, 0.1) is 0 Å². The number of imidazole rings is 1. The zero-order valence-corrected chi connectivity index (χ0v) is 10.9. The molecule has 5 heteroatoms. The summed E-state index contributed by atoms with van der Waals surface area (Å²) in [6, 6.07) is 6.05. The van der Waals surface area contributed by atoms with Crippen LogP contribution in [0.15, 0.2) is 35.7 Å². The van der Waals surface area contributed by atoms with E-state index in [9.17, 15) is 0 Å². The van der Waals surface area contributed by atoms with E-state index >= 15 is 0 Å². The van der Waals surface area contributed by atoms with Gasteiger partial charge < -0.3 is 9.88 Å². The largest absolute Gasteiger partial charge is 0.370 e. The molecule has 0 spiro atoms. The maximum absolute atomic E-state index is 4.52. The number of pyridine rings is 1. The molecule has 0 unspecified atom stereocenters. The van der Waals surface area contributed by atoms with E-state index in [1.807, 2.05) is 42.2 Å². The Kier molecular flexibility index (Phi) is 4.03. The Morgan fingerprint density at radius 3 is 3.00 bits per heavy atom. The molecule has 0 aromatic carbocycles. The third-order valence-corrected chi connectivity index (χ3v) is 3.38. The summed E-state index contributed by atoms with van der Waals surface area (Å²) < 4.78 is 2.01. The number of aromatic nitrogens is 3. The molecule has 2 aromatic heterocycles. The van der Waals surface area contributed by atoms with E-state index in [1.54, 1.807) is 11.8 Å². The maximum Gasteiger partial charge on any atom is 0.168 e. The molecule has 0 atom stereocenters. The van der Waals surface area contributed by atoms with E-state index in [-0.39, 0.29) is 0 Å². The number of anilines is 1. The van der Waals surface area contributed by atoms with E-state index in [0.717, 1.165) is 29.0 Å². The molecular formula is C12H16N4S. The number of rotatable bonds is 5. The molecule has 2 rings (SSSR count). The Morgan fingerprint density at radius 2 is 2.29 bits per heavy atom. The molecule has 0 aliphatic carbocycles. The predicted octanol–water partition coefficient (Wildman–Crippen LogP) is 2.54. The van der Waals surface area contributed by atoms with Crippen LogP contribution in [0.2, 0.25) is 0 Å². The van der Waals surface area contributed by atoms with Crippen LogP contribution in [-0.2, 0) is 12.8 Å². The molecule has 1 N–H and O–H groups in total. The van der Waals surface area contributed by atoms with Crippen molar-refractivity contribution in [2.24, 2.45) is 7.05 Å². The van der Waals surface area contributed by atoms with Gasteiger partial charge in [-0.1, -0.05) is 17.8 Å². The van der Waals surface area contributed by atoms with Crippen LogP contribution in [0.4, 0.5) is 5.82 Å². The van der Waals surface area contributed by atoms with Gasteiger partial charge in [-0.25, -0.2) is 9.97 Å². The highest BCUT2D eigenvalue weighted by atomic mass is 32.2. The van der Waals surface area contributed by atoms with E-state index in [4.69, 9.17) is 0 Å². The lowest BCUT2D eigenvalue weighted by Gasteiger charge is -2.05. The van der Waals surface area contributed by atoms with Crippen molar-refractivity contribution >= 4 is 17.6 Å². The van der Waals surface area contributed by atoms with Gasteiger partial charge in [0, 0.05) is 31.7 Å². The van der Waals surface area contributed by atoms with Crippen LogP contribution >= 0.6 is 11.8 Å². The predicted molar refractivity (Wildman–Crippen MR) is 71.2 cm³/mol. The second-order valence-electron chi connectivity index (χ2n) is 3.65. The molecule has 0 bridgehead atoms. The van der Waals surface area contributed by atoms with E-state index in [0.29, 0.717) is 0 Å². The molecule has 2 heterocycles. The Hall–Kier alpha value is -1.49. The van der Waals surface area contributed by atoms with Crippen LogP contribution in [0.5, 0.6) is 0 Å². The zero-order valence-electron chi connectivity index (χ0n) is 10.1. The number of hydrogen-bond acceptors (Lipinski definition) is 4. The molecule has 2 aromatic rings. The first-order valence-corrected chi connectivity index (χ1v) is 6.58. The molecule has 17 heavy (non-hydrogen) atoms. The molecular weight excluding hydrogens is 232 g/mol. The number of hydrogen-bond donors (Lipinski definition) is 1. The fourth-order valence-corrected chi connectivity index (χ4v) is 2.31. The lowest BCUT2D eigenvalue weighted by Crippen LogP contribution is -2.00. The van der Waals surface area contributed by atoms with Crippen molar-refractivity contribution in [2.45, 2.75) is 17.8 Å². The van der Waals surface area contributed by atoms with Crippen molar-refractivity contribution in [3.05, 3.63) is 36.3 Å². The van der Waals surface area contributed by atoms with E-state index in [2.05, 4.69) is 22.2 Å². The van der Waals surface area contributed by atoms with Crippen molar-refractivity contribution in [3.63, 3.8) is 0 Å². The molecule has 0 fully saturated rings. The third-order valence-electron chi connectivity index (χ3n) is 2.29. The number of aryl methyl sites for hydroxylation is 1. The summed E-state index contributed by atoms with van der Waals surface area (Å²) in [6.45, 7) is 2.96. The molecule has 4 nitrogen and oxygen atoms in total. The molecule has 0 aliphatic rings. The van der Waals surface area contributed by atoms with Crippen molar-refractivity contribution in [1.82, 2.24) is 14.5 Å². The number of thioether (sulfide) groups is 1. The Balaban J connectivity index is 1.99. The van der Waals surface area contributed by atoms with E-state index in [1.165, 1.54) is 0 Å². The average molecular weight is 248 g/mol. The standard InChI is InChI=1S/C12H16N4S/c1-3-13-11-6-4-5-10(15-11)9-17-12-14-7-8-16(12)2/h4-8H,3,9H2,1-2H3,(H,13,15). The fraction of sp³-hybridized carbons (Fsp3) is 0.333. The summed E-state index contributed by atoms with van der Waals surface area (Å²) in [6.07, 6.45) is 3.76. The average Bonchev–Trinajstić information content (AvgIpc) is 2.73. The van der Waals surface area contributed by atoms with Gasteiger partial charge in [-0.3, -0.25) is 0 Å². The first-order chi connectivity index (χ1) is 8.29. The van der Waals surface area contributed by atoms with Crippen LogP contribution in [0.1, 0.15) is 12.6 Å². The summed E-state index contributed by atoms with van der Waals surface area (Å²) in [4.78, 5) is 8.79. The Morgan fingerprint density at radius 1 is 1.41 bits per heavy atom. The first-order valence-electron chi connectivity index (χ1n) is 5.59. The SMILES string of the molecule is CCNc1cccc(CSc2nccn2C)n1. The van der Waals surface area contributed by atoms with Crippen LogP contribution in [0.3, 0.4) is 0 Å². The molecule has 0 saturated carbocycles. The fourth-order valence-electron chi connectivity index (χ4n) is 1.47. The summed E-state index contributed by atoms with van der Waals surface area (Å²) in [5, 5.41) is 4.23. The van der Waals surface area contributed by atoms with Gasteiger partial charge in [-0.15, -0.1) is 0 Å². The minimum absolute atomic E-state index is 0.837. The second kappa shape index (κ2) is 5.72. The van der Waals surface area contributed by atoms with Gasteiger partial charge in [-0.2, -0.15) is 0 Å². The van der Waals surface area contributed by atoms with Gasteiger partial charge in [0.2, 0.25) is 0 Å². The normalized spacial score (nSPS) is 10.5. The van der Waals surface area contributed by atoms with Crippen molar-refractivity contribution in [1.29, 1.82) is 0 Å². The molecule has 90 valence electrons. The highest BCUT2D eigenvalue weighted by Gasteiger charge is 2.02. The van der Waals surface area contributed by atoms with Crippen LogP contribution < -0.4 is 5.32 Å². The molecule has 0 saturated heterocycles. The van der Waals surface area contributed by atoms with Gasteiger partial charge in [0.15, 0.2) is 5.16 Å². The zero-order chi connectivity index (χ0) is 12.1. The highest BCUT2D eigenvalue weighted by molar-refractivity contribution is 7.98. The summed E-state index contributed by atoms with van der Waals surface area (Å²) in [5.41, 5.74) is 1.07. The third kappa shape index (κ3) is 3.23. The van der Waals surface area contributed by atoms with Crippen molar-refractivity contribution in [3.8, 4) is 0 Å². The Labute approximate surface area is 105 Å². The first kappa shape index (κ1) is 12.0. The number of nitrogens with one attached hydrogen (secondary N) is 1. The monoisotopic (exact) mass is 248 g/mol. The highest BCUT2D eigenvalue weighted by Crippen LogP contribution is 2.19. The summed E-state index contributed by atoms with van der Waals surface area (Å²) in [7, 11) is 2.00. The van der Waals surface area contributed by atoms with Crippen LogP contribution in [-0.4, -0.2) is 21.1 Å². The van der Waals surface area contributed by atoms with Crippen molar-refractivity contribution < 1.29 is 0 Å². The molecule has 0 aliphatic heterocycles. The topological polar surface area (TPSA) is 42.7 Å². The van der Waals surface area contributed by atoms with Crippen molar-refractivity contribution in [2.75, 3.05) is 11.9 Å². The number of nitrogens with zero attached hydrogens (tertiary/aromatic N) is 3.